The van der Waals surface area contributed by atoms with E-state index in [-0.39, 0.29) is 21.9 Å². The third kappa shape index (κ3) is 4.50. The maximum atomic E-state index is 12.9. The fourth-order valence-corrected chi connectivity index (χ4v) is 6.36. The molecule has 4 heterocycles. The lowest BCUT2D eigenvalue weighted by atomic mass is 10.0. The van der Waals surface area contributed by atoms with Crippen LogP contribution in [0.15, 0.2) is 21.8 Å². The van der Waals surface area contributed by atoms with Crippen LogP contribution in [0.1, 0.15) is 11.7 Å². The number of fused-ring (bicyclic) bond motifs is 1. The van der Waals surface area contributed by atoms with Gasteiger partial charge in [0.15, 0.2) is 10.8 Å². The van der Waals surface area contributed by atoms with Crippen molar-refractivity contribution in [2.24, 2.45) is 12.8 Å². The molecular formula is C16H18N10O5S3. The first-order valence-corrected chi connectivity index (χ1v) is 12.4. The fourth-order valence-electron chi connectivity index (χ4n) is 3.41. The number of β-lactam (4-membered cyclic amide) rings is 1. The molecule has 2 aromatic rings. The number of hydrogen-bond acceptors (Lipinski definition) is 11. The van der Waals surface area contributed by atoms with Crippen molar-refractivity contribution in [1.82, 2.24) is 40.7 Å². The number of urea groups is 1. The summed E-state index contributed by atoms with van der Waals surface area (Å²) in [5, 5.41) is 34.7. The van der Waals surface area contributed by atoms with E-state index in [1.54, 1.807) is 7.05 Å². The van der Waals surface area contributed by atoms with Gasteiger partial charge in [0, 0.05) is 23.9 Å². The van der Waals surface area contributed by atoms with Gasteiger partial charge in [-0.2, -0.15) is 0 Å². The number of carbonyl (C=O) groups excluding carboxylic acids is 3. The summed E-state index contributed by atoms with van der Waals surface area (Å²) in [5.74, 6) is -1.96. The van der Waals surface area contributed by atoms with E-state index < -0.39 is 41.3 Å². The van der Waals surface area contributed by atoms with Crippen molar-refractivity contribution in [2.45, 2.75) is 22.6 Å². The molecule has 0 spiro atoms. The molecule has 2 aliphatic heterocycles. The van der Waals surface area contributed by atoms with E-state index >= 15 is 0 Å². The van der Waals surface area contributed by atoms with E-state index in [1.165, 1.54) is 33.6 Å². The summed E-state index contributed by atoms with van der Waals surface area (Å²) in [4.78, 5) is 53.0. The molecule has 4 rings (SSSR count). The smallest absolute Gasteiger partial charge is 0.352 e. The van der Waals surface area contributed by atoms with Gasteiger partial charge in [-0.15, -0.1) is 28.2 Å². The van der Waals surface area contributed by atoms with E-state index in [0.29, 0.717) is 16.5 Å². The number of tetrazole rings is 1. The molecule has 34 heavy (non-hydrogen) atoms. The highest BCUT2D eigenvalue weighted by atomic mass is 32.2. The summed E-state index contributed by atoms with van der Waals surface area (Å²) in [6.07, 6.45) is 0. The maximum absolute atomic E-state index is 12.9. The molecule has 18 heteroatoms. The fraction of sp³-hybridized carbons (Fsp3) is 0.375. The monoisotopic (exact) mass is 526 g/mol. The number of H-pyrrole nitrogens is 1. The second kappa shape index (κ2) is 9.47. The molecule has 1 saturated heterocycles. The predicted molar refractivity (Wildman–Crippen MR) is 119 cm³/mol. The number of aromatic amines is 1. The van der Waals surface area contributed by atoms with Crippen LogP contribution in [-0.4, -0.2) is 81.9 Å². The number of aromatic nitrogens is 5. The molecule has 0 saturated carbocycles. The normalized spacial score (nSPS) is 20.4. The van der Waals surface area contributed by atoms with E-state index in [1.807, 2.05) is 0 Å². The number of nitrogens with two attached hydrogens (primary N) is 1. The summed E-state index contributed by atoms with van der Waals surface area (Å²) in [7, 11) is 1.66. The summed E-state index contributed by atoms with van der Waals surface area (Å²) in [5.41, 5.74) is 5.81. The Morgan fingerprint density at radius 3 is 2.82 bits per heavy atom. The third-order valence-electron chi connectivity index (χ3n) is 4.93. The number of carboxylic acids is 1. The minimum Gasteiger partial charge on any atom is -0.477 e. The first-order chi connectivity index (χ1) is 16.2. The van der Waals surface area contributed by atoms with Gasteiger partial charge in [-0.1, -0.05) is 11.8 Å². The Morgan fingerprint density at radius 2 is 2.24 bits per heavy atom. The number of hydrogen-bond donors (Lipinski definition) is 6. The highest BCUT2D eigenvalue weighted by Crippen LogP contribution is 2.41. The van der Waals surface area contributed by atoms with Crippen LogP contribution in [0.5, 0.6) is 0 Å². The average molecular weight is 527 g/mol. The van der Waals surface area contributed by atoms with Crippen molar-refractivity contribution in [1.29, 1.82) is 5.41 Å². The number of nitrogens with zero attached hydrogens (tertiary/aromatic N) is 5. The number of carbonyl (C=O) groups is 4. The molecule has 2 aromatic heterocycles. The Labute approximate surface area is 203 Å². The largest absolute Gasteiger partial charge is 0.477 e. The molecule has 2 aliphatic rings. The summed E-state index contributed by atoms with van der Waals surface area (Å²) < 4.78 is 1.45. The Hall–Kier alpha value is -3.38. The lowest BCUT2D eigenvalue weighted by Crippen LogP contribution is -2.71. The van der Waals surface area contributed by atoms with Crippen LogP contribution >= 0.6 is 34.9 Å². The van der Waals surface area contributed by atoms with Gasteiger partial charge in [-0.25, -0.2) is 14.3 Å². The molecule has 7 N–H and O–H groups in total. The van der Waals surface area contributed by atoms with E-state index in [0.717, 1.165) is 16.2 Å². The lowest BCUT2D eigenvalue weighted by molar-refractivity contribution is -0.151. The van der Waals surface area contributed by atoms with Gasteiger partial charge in [-0.05, 0) is 16.0 Å². The predicted octanol–water partition coefficient (Wildman–Crippen LogP) is -1.68. The van der Waals surface area contributed by atoms with Gasteiger partial charge < -0.3 is 26.5 Å². The minimum atomic E-state index is -1.25. The highest BCUT2D eigenvalue weighted by Gasteiger charge is 2.54. The van der Waals surface area contributed by atoms with E-state index in [2.05, 4.69) is 31.1 Å². The van der Waals surface area contributed by atoms with Gasteiger partial charge in [0.25, 0.3) is 5.91 Å². The van der Waals surface area contributed by atoms with Crippen LogP contribution in [-0.2, 0) is 21.4 Å². The molecule has 0 aliphatic carbocycles. The van der Waals surface area contributed by atoms with Crippen LogP contribution < -0.4 is 21.2 Å². The van der Waals surface area contributed by atoms with Crippen molar-refractivity contribution >= 4 is 58.7 Å². The van der Waals surface area contributed by atoms with Gasteiger partial charge in [0.2, 0.25) is 11.1 Å². The molecule has 4 amide bonds. The number of primary amides is 1. The zero-order valence-corrected chi connectivity index (χ0v) is 19.8. The second-order valence-electron chi connectivity index (χ2n) is 7.11. The molecule has 0 bridgehead atoms. The Balaban J connectivity index is 1.49. The van der Waals surface area contributed by atoms with Crippen molar-refractivity contribution in [3.05, 3.63) is 27.1 Å². The zero-order valence-electron chi connectivity index (χ0n) is 17.3. The maximum Gasteiger partial charge on any atom is 0.352 e. The van der Waals surface area contributed by atoms with Crippen molar-refractivity contribution in [2.75, 3.05) is 11.5 Å². The molecule has 15 nitrogen and oxygen atoms in total. The van der Waals surface area contributed by atoms with Crippen molar-refractivity contribution < 1.29 is 24.3 Å². The van der Waals surface area contributed by atoms with Crippen LogP contribution in [0, 0.1) is 5.41 Å². The summed E-state index contributed by atoms with van der Waals surface area (Å²) in [6.45, 7) is 0. The van der Waals surface area contributed by atoms with Gasteiger partial charge in [0.05, 0.1) is 5.69 Å². The second-order valence-corrected chi connectivity index (χ2v) is 10.0. The van der Waals surface area contributed by atoms with Gasteiger partial charge >= 0.3 is 12.0 Å². The Kier molecular flexibility index (Phi) is 6.62. The average Bonchev–Trinajstić information content (AvgIpc) is 3.40. The first kappa shape index (κ1) is 23.8. The molecule has 2 unspecified atom stereocenters. The number of thiazole rings is 1. The number of carboxylic acid groups (broad SMARTS) is 1. The number of nitrogens with one attached hydrogen (secondary N) is 4. The number of amides is 4. The lowest BCUT2D eigenvalue weighted by Gasteiger charge is -2.49. The summed E-state index contributed by atoms with van der Waals surface area (Å²) >= 11 is 3.57. The zero-order chi connectivity index (χ0) is 24.6. The van der Waals surface area contributed by atoms with Crippen LogP contribution in [0.4, 0.5) is 4.79 Å². The molecule has 3 atom stereocenters. The number of aryl methyl sites for hydroxylation is 1. The van der Waals surface area contributed by atoms with Crippen LogP contribution in [0.25, 0.3) is 0 Å². The molecule has 0 aromatic carbocycles. The van der Waals surface area contributed by atoms with E-state index in [4.69, 9.17) is 11.1 Å². The first-order valence-electron chi connectivity index (χ1n) is 9.51. The van der Waals surface area contributed by atoms with Crippen molar-refractivity contribution in [3.8, 4) is 0 Å². The topological polar surface area (TPSA) is 225 Å². The van der Waals surface area contributed by atoms with Gasteiger partial charge in [0.1, 0.15) is 17.1 Å². The summed E-state index contributed by atoms with van der Waals surface area (Å²) in [6, 6.07) is -3.20. The minimum absolute atomic E-state index is 0.0616. The van der Waals surface area contributed by atoms with Crippen LogP contribution in [0.3, 0.4) is 0 Å². The Morgan fingerprint density at radius 1 is 1.47 bits per heavy atom. The molecule has 180 valence electrons. The SMILES string of the molecule is Cn1nnnc1SCC1=C(C(=O)O)N2C(=O)[C@@H](NC(=O)C(NC(N)=O)c3csc(=N)[nH]3)C2SC1. The highest BCUT2D eigenvalue weighted by molar-refractivity contribution is 8.01. The number of aliphatic carboxylic acids is 1. The van der Waals surface area contributed by atoms with Crippen molar-refractivity contribution in [3.63, 3.8) is 0 Å². The van der Waals surface area contributed by atoms with E-state index in [9.17, 15) is 24.3 Å². The molecular weight excluding hydrogens is 508 g/mol. The van der Waals surface area contributed by atoms with Gasteiger partial charge in [-0.3, -0.25) is 19.9 Å². The number of rotatable bonds is 8. The van der Waals surface area contributed by atoms with Crippen LogP contribution in [0.2, 0.25) is 0 Å². The Bertz CT molecular complexity index is 1250. The third-order valence-corrected chi connectivity index (χ3v) is 8.07. The molecule has 1 fully saturated rings. The standard InChI is InChI=1S/C16H18N10O5S3/c1-25-16(22-23-24-25)34-3-5-2-32-12-8(11(28)26(12)9(5)13(29)30)20-10(27)7(21-14(17)31)6-4-33-15(18)19-6/h4,7-8,12H,2-3H2,1H3,(H2,18,19)(H,20,27)(H,29,30)(H3,17,21,31)/t7?,8-,12?/m1/s1. The quantitative estimate of drug-likeness (QED) is 0.169. The number of thioether (sulfide) groups is 2. The molecule has 0 radical (unpaired) electrons.